The first kappa shape index (κ1) is 22.3. The first-order valence-corrected chi connectivity index (χ1v) is 11.9. The summed E-state index contributed by atoms with van der Waals surface area (Å²) in [4.78, 5) is 13.3. The molecular weight excluding hydrogens is 450 g/mol. The summed E-state index contributed by atoms with van der Waals surface area (Å²) in [7, 11) is -3.95. The normalized spacial score (nSPS) is 11.5. The highest BCUT2D eigenvalue weighted by molar-refractivity contribution is 7.99. The Morgan fingerprint density at radius 2 is 1.67 bits per heavy atom. The molecule has 0 saturated heterocycles. The molecule has 2 aromatic carbocycles. The maximum absolute atomic E-state index is 12.9. The summed E-state index contributed by atoms with van der Waals surface area (Å²) in [5.74, 6) is -2.86. The van der Waals surface area contributed by atoms with Crippen LogP contribution in [0.5, 0.6) is 0 Å². The zero-order chi connectivity index (χ0) is 21.9. The molecule has 0 radical (unpaired) electrons. The second kappa shape index (κ2) is 9.15. The van der Waals surface area contributed by atoms with E-state index in [4.69, 9.17) is 0 Å². The number of rotatable bonds is 7. The van der Waals surface area contributed by atoms with Gasteiger partial charge in [-0.25, -0.2) is 8.42 Å². The van der Waals surface area contributed by atoms with Crippen LogP contribution in [0.25, 0.3) is 0 Å². The number of nitrogens with one attached hydrogen (secondary N) is 2. The SMILES string of the molecule is Cc1ccc(NC(=O)c2sccc2C)cc1S(=O)(=O)Nc1ccc(SC(F)F)cc1. The quantitative estimate of drug-likeness (QED) is 0.434. The van der Waals surface area contributed by atoms with Crippen molar-refractivity contribution in [3.05, 3.63) is 69.9 Å². The van der Waals surface area contributed by atoms with Crippen molar-refractivity contribution in [2.45, 2.75) is 29.4 Å². The number of anilines is 2. The molecule has 0 atom stereocenters. The molecule has 2 N–H and O–H groups in total. The minimum absolute atomic E-state index is 0.00855. The molecule has 1 amide bonds. The fourth-order valence-electron chi connectivity index (χ4n) is 2.68. The van der Waals surface area contributed by atoms with Crippen molar-refractivity contribution in [2.24, 2.45) is 0 Å². The molecule has 0 bridgehead atoms. The van der Waals surface area contributed by atoms with Crippen LogP contribution in [-0.2, 0) is 10.0 Å². The van der Waals surface area contributed by atoms with Gasteiger partial charge in [-0.1, -0.05) is 17.8 Å². The van der Waals surface area contributed by atoms with E-state index in [1.165, 1.54) is 41.7 Å². The van der Waals surface area contributed by atoms with E-state index >= 15 is 0 Å². The number of aryl methyl sites for hydroxylation is 2. The van der Waals surface area contributed by atoms with Gasteiger partial charge in [0.1, 0.15) is 0 Å². The summed E-state index contributed by atoms with van der Waals surface area (Å²) in [5, 5.41) is 4.53. The van der Waals surface area contributed by atoms with Crippen LogP contribution >= 0.6 is 23.1 Å². The van der Waals surface area contributed by atoms with Gasteiger partial charge in [-0.15, -0.1) is 11.3 Å². The lowest BCUT2D eigenvalue weighted by atomic mass is 10.2. The largest absolute Gasteiger partial charge is 0.321 e. The Bertz CT molecular complexity index is 1160. The molecular formula is C20H18F2N2O3S3. The highest BCUT2D eigenvalue weighted by Crippen LogP contribution is 2.28. The van der Waals surface area contributed by atoms with Crippen LogP contribution in [0.15, 0.2) is 63.7 Å². The number of thioether (sulfide) groups is 1. The molecule has 3 rings (SSSR count). The number of hydrogen-bond acceptors (Lipinski definition) is 5. The third-order valence-electron chi connectivity index (χ3n) is 4.14. The first-order chi connectivity index (χ1) is 14.2. The van der Waals surface area contributed by atoms with Crippen LogP contribution in [-0.4, -0.2) is 20.1 Å². The average molecular weight is 469 g/mol. The van der Waals surface area contributed by atoms with E-state index in [1.54, 1.807) is 19.1 Å². The molecule has 0 fully saturated rings. The van der Waals surface area contributed by atoms with Crippen LogP contribution in [0.2, 0.25) is 0 Å². The summed E-state index contributed by atoms with van der Waals surface area (Å²) in [6.45, 7) is 3.47. The Kier molecular flexibility index (Phi) is 6.79. The Labute approximate surface area is 181 Å². The predicted octanol–water partition coefficient (Wildman–Crippen LogP) is 5.73. The van der Waals surface area contributed by atoms with E-state index in [1.807, 2.05) is 18.4 Å². The van der Waals surface area contributed by atoms with Crippen LogP contribution in [0.1, 0.15) is 20.8 Å². The smallest absolute Gasteiger partial charge is 0.288 e. The second-order valence-electron chi connectivity index (χ2n) is 6.38. The lowest BCUT2D eigenvalue weighted by molar-refractivity contribution is 0.103. The number of hydrogen-bond donors (Lipinski definition) is 2. The number of halogens is 2. The highest BCUT2D eigenvalue weighted by Gasteiger charge is 2.19. The van der Waals surface area contributed by atoms with E-state index < -0.39 is 15.8 Å². The maximum atomic E-state index is 12.9. The van der Waals surface area contributed by atoms with Crippen molar-refractivity contribution in [3.63, 3.8) is 0 Å². The molecule has 10 heteroatoms. The highest BCUT2D eigenvalue weighted by atomic mass is 32.2. The fraction of sp³-hybridized carbons (Fsp3) is 0.150. The average Bonchev–Trinajstić information content (AvgIpc) is 3.10. The van der Waals surface area contributed by atoms with E-state index in [2.05, 4.69) is 10.0 Å². The first-order valence-electron chi connectivity index (χ1n) is 8.69. The molecule has 30 heavy (non-hydrogen) atoms. The number of alkyl halides is 2. The number of carbonyl (C=O) groups excluding carboxylic acids is 1. The van der Waals surface area contributed by atoms with Gasteiger partial charge >= 0.3 is 0 Å². The minimum Gasteiger partial charge on any atom is -0.321 e. The standard InChI is InChI=1S/C20H18F2N2O3S3/c1-12-3-4-15(23-19(25)18-13(2)9-10-28-18)11-17(12)30(26,27)24-14-5-7-16(8-6-14)29-20(21)22/h3-11,20,24H,1-2H3,(H,23,25). The monoisotopic (exact) mass is 468 g/mol. The van der Waals surface area contributed by atoms with Crippen LogP contribution in [0.3, 0.4) is 0 Å². The molecule has 158 valence electrons. The van der Waals surface area contributed by atoms with Gasteiger partial charge in [-0.05, 0) is 72.8 Å². The number of sulfonamides is 1. The van der Waals surface area contributed by atoms with E-state index in [0.29, 0.717) is 32.8 Å². The zero-order valence-corrected chi connectivity index (χ0v) is 18.4. The minimum atomic E-state index is -3.95. The molecule has 0 unspecified atom stereocenters. The Morgan fingerprint density at radius 3 is 2.27 bits per heavy atom. The Hall–Kier alpha value is -2.43. The molecule has 0 aliphatic rings. The molecule has 3 aromatic rings. The lowest BCUT2D eigenvalue weighted by Crippen LogP contribution is -2.16. The summed E-state index contributed by atoms with van der Waals surface area (Å²) in [5.41, 5.74) is 1.93. The van der Waals surface area contributed by atoms with E-state index in [0.717, 1.165) is 5.56 Å². The van der Waals surface area contributed by atoms with Crippen molar-refractivity contribution in [1.82, 2.24) is 0 Å². The van der Waals surface area contributed by atoms with Crippen LogP contribution in [0, 0.1) is 13.8 Å². The maximum Gasteiger partial charge on any atom is 0.288 e. The third kappa shape index (κ3) is 5.38. The Balaban J connectivity index is 1.80. The third-order valence-corrected chi connectivity index (χ3v) is 7.40. The van der Waals surface area contributed by atoms with Crippen molar-refractivity contribution < 1.29 is 22.0 Å². The van der Waals surface area contributed by atoms with E-state index in [9.17, 15) is 22.0 Å². The van der Waals surface area contributed by atoms with Crippen molar-refractivity contribution in [2.75, 3.05) is 10.0 Å². The number of benzene rings is 2. The van der Waals surface area contributed by atoms with Crippen molar-refractivity contribution in [3.8, 4) is 0 Å². The van der Waals surface area contributed by atoms with Crippen LogP contribution < -0.4 is 10.0 Å². The molecule has 1 aromatic heterocycles. The summed E-state index contributed by atoms with van der Waals surface area (Å²) >= 11 is 1.69. The molecule has 0 saturated carbocycles. The van der Waals surface area contributed by atoms with Gasteiger partial charge in [0.2, 0.25) is 0 Å². The second-order valence-corrected chi connectivity index (χ2v) is 10.0. The van der Waals surface area contributed by atoms with Gasteiger partial charge in [-0.3, -0.25) is 9.52 Å². The topological polar surface area (TPSA) is 75.3 Å². The van der Waals surface area contributed by atoms with Gasteiger partial charge in [0.05, 0.1) is 9.77 Å². The number of amides is 1. The molecule has 0 aliphatic heterocycles. The molecule has 1 heterocycles. The van der Waals surface area contributed by atoms with E-state index in [-0.39, 0.29) is 16.5 Å². The van der Waals surface area contributed by atoms with Gasteiger partial charge in [0.25, 0.3) is 21.7 Å². The van der Waals surface area contributed by atoms with Gasteiger partial charge in [0, 0.05) is 16.3 Å². The molecule has 5 nitrogen and oxygen atoms in total. The number of carbonyl (C=O) groups is 1. The van der Waals surface area contributed by atoms with Gasteiger partial charge < -0.3 is 5.32 Å². The lowest BCUT2D eigenvalue weighted by Gasteiger charge is -2.13. The Morgan fingerprint density at radius 1 is 1.00 bits per heavy atom. The molecule has 0 aliphatic carbocycles. The van der Waals surface area contributed by atoms with Gasteiger partial charge in [-0.2, -0.15) is 8.78 Å². The fourth-order valence-corrected chi connectivity index (χ4v) is 5.32. The van der Waals surface area contributed by atoms with Crippen molar-refractivity contribution in [1.29, 1.82) is 0 Å². The van der Waals surface area contributed by atoms with Crippen LogP contribution in [0.4, 0.5) is 20.2 Å². The predicted molar refractivity (Wildman–Crippen MR) is 117 cm³/mol. The summed E-state index contributed by atoms with van der Waals surface area (Å²) in [6, 6.07) is 12.1. The van der Waals surface area contributed by atoms with Crippen molar-refractivity contribution >= 4 is 50.4 Å². The summed E-state index contributed by atoms with van der Waals surface area (Å²) in [6.07, 6.45) is 0. The zero-order valence-electron chi connectivity index (χ0n) is 16.0. The molecule has 0 spiro atoms. The van der Waals surface area contributed by atoms with Gasteiger partial charge in [0.15, 0.2) is 0 Å². The number of thiophene rings is 1. The summed E-state index contributed by atoms with van der Waals surface area (Å²) < 4.78 is 53.0.